The van der Waals surface area contributed by atoms with Crippen LogP contribution in [0.2, 0.25) is 0 Å². The van der Waals surface area contributed by atoms with Gasteiger partial charge >= 0.3 is 0 Å². The third-order valence-electron chi connectivity index (χ3n) is 2.85. The molecular weight excluding hydrogens is 222 g/mol. The molecule has 16 heavy (non-hydrogen) atoms. The normalized spacial score (nSPS) is 22.4. The smallest absolute Gasteiger partial charge is 0.180 e. The van der Waals surface area contributed by atoms with Crippen molar-refractivity contribution >= 4 is 9.84 Å². The highest BCUT2D eigenvalue weighted by Gasteiger charge is 2.35. The predicted molar refractivity (Wildman–Crippen MR) is 64.2 cm³/mol. The molecule has 0 saturated carbocycles. The van der Waals surface area contributed by atoms with Gasteiger partial charge in [-0.05, 0) is 18.1 Å². The van der Waals surface area contributed by atoms with Crippen LogP contribution < -0.4 is 5.32 Å². The van der Waals surface area contributed by atoms with E-state index in [4.69, 9.17) is 0 Å². The molecule has 0 saturated heterocycles. The molecule has 1 aliphatic rings. The lowest BCUT2D eigenvalue weighted by atomic mass is 10.1. The zero-order valence-electron chi connectivity index (χ0n) is 9.82. The molecule has 0 spiro atoms. The van der Waals surface area contributed by atoms with E-state index in [2.05, 4.69) is 5.32 Å². The second-order valence-corrected chi connectivity index (χ2v) is 6.62. The van der Waals surface area contributed by atoms with Gasteiger partial charge in [0.15, 0.2) is 9.84 Å². The summed E-state index contributed by atoms with van der Waals surface area (Å²) in [5, 5.41) is 3.30. The minimum absolute atomic E-state index is 0.0556. The van der Waals surface area contributed by atoms with Gasteiger partial charge in [0.1, 0.15) is 0 Å². The first-order valence-corrected chi connectivity index (χ1v) is 7.15. The van der Waals surface area contributed by atoms with Crippen LogP contribution in [-0.2, 0) is 9.84 Å². The molecule has 1 unspecified atom stereocenters. The standard InChI is InChI=1S/C12H17NO2S/c1-8(2)13-11-7-16(14,15)12-9(3)5-4-6-10(11)12/h4-6,8,11,13H,7H2,1-3H3. The van der Waals surface area contributed by atoms with Crippen LogP contribution in [0.5, 0.6) is 0 Å². The van der Waals surface area contributed by atoms with Crippen LogP contribution >= 0.6 is 0 Å². The summed E-state index contributed by atoms with van der Waals surface area (Å²) in [6.45, 7) is 5.91. The van der Waals surface area contributed by atoms with E-state index in [0.717, 1.165) is 11.1 Å². The maximum absolute atomic E-state index is 12.0. The zero-order valence-corrected chi connectivity index (χ0v) is 10.6. The average molecular weight is 239 g/mol. The Morgan fingerprint density at radius 3 is 2.69 bits per heavy atom. The Morgan fingerprint density at radius 1 is 1.38 bits per heavy atom. The lowest BCUT2D eigenvalue weighted by Crippen LogP contribution is -2.29. The minimum atomic E-state index is -3.09. The number of aryl methyl sites for hydroxylation is 1. The van der Waals surface area contributed by atoms with Crippen LogP contribution in [0.4, 0.5) is 0 Å². The molecule has 1 N–H and O–H groups in total. The third kappa shape index (κ3) is 1.87. The molecule has 0 amide bonds. The van der Waals surface area contributed by atoms with E-state index in [1.165, 1.54) is 0 Å². The molecule has 1 heterocycles. The van der Waals surface area contributed by atoms with Crippen molar-refractivity contribution in [2.24, 2.45) is 0 Å². The number of rotatable bonds is 2. The first kappa shape index (κ1) is 11.6. The molecule has 0 bridgehead atoms. The van der Waals surface area contributed by atoms with E-state index < -0.39 is 9.84 Å². The van der Waals surface area contributed by atoms with Crippen LogP contribution in [-0.4, -0.2) is 20.2 Å². The van der Waals surface area contributed by atoms with Crippen molar-refractivity contribution in [2.45, 2.75) is 37.8 Å². The van der Waals surface area contributed by atoms with Crippen molar-refractivity contribution in [3.8, 4) is 0 Å². The van der Waals surface area contributed by atoms with Gasteiger partial charge in [0.25, 0.3) is 0 Å². The Balaban J connectivity index is 2.52. The van der Waals surface area contributed by atoms with Crippen LogP contribution in [0.1, 0.15) is 31.0 Å². The molecule has 2 rings (SSSR count). The molecule has 1 aromatic rings. The number of hydrogen-bond donors (Lipinski definition) is 1. The quantitative estimate of drug-likeness (QED) is 0.856. The van der Waals surface area contributed by atoms with Crippen LogP contribution in [0.3, 0.4) is 0 Å². The van der Waals surface area contributed by atoms with Gasteiger partial charge in [0.05, 0.1) is 10.6 Å². The molecule has 0 radical (unpaired) electrons. The SMILES string of the molecule is Cc1cccc2c1S(=O)(=O)CC2NC(C)C. The number of benzene rings is 1. The Morgan fingerprint density at radius 2 is 2.06 bits per heavy atom. The summed E-state index contributed by atoms with van der Waals surface area (Å²) < 4.78 is 24.1. The lowest BCUT2D eigenvalue weighted by molar-refractivity contribution is 0.508. The van der Waals surface area contributed by atoms with Gasteiger partial charge in [0, 0.05) is 12.1 Å². The van der Waals surface area contributed by atoms with Crippen molar-refractivity contribution in [3.63, 3.8) is 0 Å². The van der Waals surface area contributed by atoms with Crippen molar-refractivity contribution in [1.29, 1.82) is 0 Å². The number of fused-ring (bicyclic) bond motifs is 1. The van der Waals surface area contributed by atoms with Crippen LogP contribution in [0.25, 0.3) is 0 Å². The second-order valence-electron chi connectivity index (χ2n) is 4.65. The Kier molecular flexibility index (Phi) is 2.80. The van der Waals surface area contributed by atoms with Gasteiger partial charge in [-0.15, -0.1) is 0 Å². The number of nitrogens with one attached hydrogen (secondary N) is 1. The summed E-state index contributed by atoms with van der Waals surface area (Å²) in [4.78, 5) is 0.535. The van der Waals surface area contributed by atoms with E-state index in [1.807, 2.05) is 39.0 Å². The summed E-state index contributed by atoms with van der Waals surface area (Å²) in [5.41, 5.74) is 1.78. The first-order chi connectivity index (χ1) is 7.42. The molecule has 0 aromatic heterocycles. The summed E-state index contributed by atoms with van der Waals surface area (Å²) in [7, 11) is -3.09. The largest absolute Gasteiger partial charge is 0.307 e. The molecule has 0 aliphatic carbocycles. The Labute approximate surface area is 96.8 Å². The predicted octanol–water partition coefficient (Wildman–Crippen LogP) is 1.82. The van der Waals surface area contributed by atoms with Crippen molar-refractivity contribution in [2.75, 3.05) is 5.75 Å². The second kappa shape index (κ2) is 3.86. The monoisotopic (exact) mass is 239 g/mol. The van der Waals surface area contributed by atoms with Crippen molar-refractivity contribution in [1.82, 2.24) is 5.32 Å². The van der Waals surface area contributed by atoms with E-state index >= 15 is 0 Å². The molecule has 3 nitrogen and oxygen atoms in total. The van der Waals surface area contributed by atoms with Gasteiger partial charge < -0.3 is 5.32 Å². The fourth-order valence-electron chi connectivity index (χ4n) is 2.31. The summed E-state index contributed by atoms with van der Waals surface area (Å²) in [5.74, 6) is 0.186. The molecule has 0 fully saturated rings. The van der Waals surface area contributed by atoms with Crippen molar-refractivity contribution in [3.05, 3.63) is 29.3 Å². The van der Waals surface area contributed by atoms with Gasteiger partial charge in [-0.3, -0.25) is 0 Å². The zero-order chi connectivity index (χ0) is 11.9. The summed E-state index contributed by atoms with van der Waals surface area (Å²) in [6.07, 6.45) is 0. The van der Waals surface area contributed by atoms with E-state index in [-0.39, 0.29) is 17.8 Å². The molecule has 88 valence electrons. The molecule has 1 atom stereocenters. The first-order valence-electron chi connectivity index (χ1n) is 5.50. The summed E-state index contributed by atoms with van der Waals surface area (Å²) in [6, 6.07) is 5.91. The highest BCUT2D eigenvalue weighted by atomic mass is 32.2. The molecule has 1 aromatic carbocycles. The van der Waals surface area contributed by atoms with Crippen LogP contribution in [0.15, 0.2) is 23.1 Å². The summed E-state index contributed by atoms with van der Waals surface area (Å²) >= 11 is 0. The number of hydrogen-bond acceptors (Lipinski definition) is 3. The lowest BCUT2D eigenvalue weighted by Gasteiger charge is -2.15. The number of sulfone groups is 1. The fourth-order valence-corrected chi connectivity index (χ4v) is 4.32. The van der Waals surface area contributed by atoms with Crippen LogP contribution in [0, 0.1) is 6.92 Å². The molecular formula is C12H17NO2S. The Bertz CT molecular complexity index is 506. The van der Waals surface area contributed by atoms with Crippen molar-refractivity contribution < 1.29 is 8.42 Å². The van der Waals surface area contributed by atoms with E-state index in [1.54, 1.807) is 0 Å². The average Bonchev–Trinajstić information content (AvgIpc) is 2.38. The Hall–Kier alpha value is -0.870. The van der Waals surface area contributed by atoms with E-state index in [0.29, 0.717) is 4.90 Å². The maximum Gasteiger partial charge on any atom is 0.180 e. The fraction of sp³-hybridized carbons (Fsp3) is 0.500. The van der Waals surface area contributed by atoms with E-state index in [9.17, 15) is 8.42 Å². The van der Waals surface area contributed by atoms with Gasteiger partial charge in [0.2, 0.25) is 0 Å². The third-order valence-corrected chi connectivity index (χ3v) is 4.80. The highest BCUT2D eigenvalue weighted by molar-refractivity contribution is 7.91. The topological polar surface area (TPSA) is 46.2 Å². The highest BCUT2D eigenvalue weighted by Crippen LogP contribution is 2.35. The van der Waals surface area contributed by atoms with Gasteiger partial charge in [-0.25, -0.2) is 8.42 Å². The van der Waals surface area contributed by atoms with Gasteiger partial charge in [-0.2, -0.15) is 0 Å². The molecule has 1 aliphatic heterocycles. The minimum Gasteiger partial charge on any atom is -0.307 e. The van der Waals surface area contributed by atoms with Gasteiger partial charge in [-0.1, -0.05) is 32.0 Å². The maximum atomic E-state index is 12.0. The molecule has 4 heteroatoms.